The van der Waals surface area contributed by atoms with Gasteiger partial charge in [0, 0.05) is 17.8 Å². The zero-order chi connectivity index (χ0) is 15.1. The van der Waals surface area contributed by atoms with Crippen molar-refractivity contribution in [3.8, 4) is 0 Å². The molecule has 7 heteroatoms. The van der Waals surface area contributed by atoms with E-state index < -0.39 is 0 Å². The Labute approximate surface area is 131 Å². The SMILES string of the molecule is O=C(CCl)c1ccc2c(c1)CCN2c1ncnc2nc[nH]c12. The van der Waals surface area contributed by atoms with Crippen molar-refractivity contribution in [1.29, 1.82) is 0 Å². The number of alkyl halides is 1. The van der Waals surface area contributed by atoms with E-state index in [1.165, 1.54) is 6.33 Å². The number of aromatic nitrogens is 4. The Bertz CT molecular complexity index is 875. The third kappa shape index (κ3) is 1.95. The number of H-pyrrole nitrogens is 1. The molecule has 110 valence electrons. The van der Waals surface area contributed by atoms with Crippen LogP contribution >= 0.6 is 11.6 Å². The highest BCUT2D eigenvalue weighted by atomic mass is 35.5. The second kappa shape index (κ2) is 5.06. The van der Waals surface area contributed by atoms with Crippen LogP contribution < -0.4 is 4.90 Å². The van der Waals surface area contributed by atoms with Gasteiger partial charge in [-0.1, -0.05) is 0 Å². The fourth-order valence-electron chi connectivity index (χ4n) is 2.83. The van der Waals surface area contributed by atoms with Gasteiger partial charge >= 0.3 is 0 Å². The van der Waals surface area contributed by atoms with Gasteiger partial charge in [-0.2, -0.15) is 0 Å². The molecule has 1 N–H and O–H groups in total. The highest BCUT2D eigenvalue weighted by molar-refractivity contribution is 6.30. The number of nitrogens with one attached hydrogen (secondary N) is 1. The van der Waals surface area contributed by atoms with E-state index in [0.29, 0.717) is 11.2 Å². The topological polar surface area (TPSA) is 74.8 Å². The fraction of sp³-hybridized carbons (Fsp3) is 0.200. The van der Waals surface area contributed by atoms with Crippen molar-refractivity contribution in [2.45, 2.75) is 6.42 Å². The number of hydrogen-bond donors (Lipinski definition) is 1. The van der Waals surface area contributed by atoms with Gasteiger partial charge in [-0.05, 0) is 30.2 Å². The average Bonchev–Trinajstić information content (AvgIpc) is 3.19. The Morgan fingerprint density at radius 1 is 1.32 bits per heavy atom. The zero-order valence-electron chi connectivity index (χ0n) is 11.6. The van der Waals surface area contributed by atoms with Gasteiger partial charge in [-0.3, -0.25) is 4.79 Å². The van der Waals surface area contributed by atoms with Gasteiger partial charge in [0.05, 0.1) is 12.2 Å². The first kappa shape index (κ1) is 13.2. The summed E-state index contributed by atoms with van der Waals surface area (Å²) in [5.74, 6) is 0.752. The van der Waals surface area contributed by atoms with Crippen molar-refractivity contribution < 1.29 is 4.79 Å². The minimum absolute atomic E-state index is 0.00315. The molecule has 0 spiro atoms. The van der Waals surface area contributed by atoms with Gasteiger partial charge in [0.2, 0.25) is 0 Å². The maximum Gasteiger partial charge on any atom is 0.182 e. The number of imidazole rings is 1. The van der Waals surface area contributed by atoms with Crippen LogP contribution in [0.1, 0.15) is 15.9 Å². The van der Waals surface area contributed by atoms with Crippen LogP contribution in [-0.2, 0) is 6.42 Å². The van der Waals surface area contributed by atoms with Crippen molar-refractivity contribution in [2.75, 3.05) is 17.3 Å². The largest absolute Gasteiger partial charge is 0.340 e. The van der Waals surface area contributed by atoms with Crippen LogP contribution in [0.4, 0.5) is 11.5 Å². The van der Waals surface area contributed by atoms with E-state index in [2.05, 4.69) is 24.8 Å². The van der Waals surface area contributed by atoms with Crippen LogP contribution in [0, 0.1) is 0 Å². The second-order valence-electron chi connectivity index (χ2n) is 5.10. The lowest BCUT2D eigenvalue weighted by Gasteiger charge is -2.18. The smallest absolute Gasteiger partial charge is 0.182 e. The highest BCUT2D eigenvalue weighted by Gasteiger charge is 2.24. The molecule has 0 saturated heterocycles. The number of hydrogen-bond acceptors (Lipinski definition) is 5. The second-order valence-corrected chi connectivity index (χ2v) is 5.37. The van der Waals surface area contributed by atoms with Crippen molar-refractivity contribution in [2.24, 2.45) is 0 Å². The van der Waals surface area contributed by atoms with Gasteiger partial charge < -0.3 is 9.88 Å². The van der Waals surface area contributed by atoms with Gasteiger partial charge in [-0.25, -0.2) is 15.0 Å². The Kier molecular flexibility index (Phi) is 3.04. The molecular formula is C15H12ClN5O. The summed E-state index contributed by atoms with van der Waals surface area (Å²) in [6, 6.07) is 5.69. The lowest BCUT2D eigenvalue weighted by molar-refractivity contribution is 0.102. The molecular weight excluding hydrogens is 302 g/mol. The molecule has 0 bridgehead atoms. The number of aromatic amines is 1. The third-order valence-electron chi connectivity index (χ3n) is 3.88. The molecule has 1 aliphatic rings. The lowest BCUT2D eigenvalue weighted by atomic mass is 10.1. The summed E-state index contributed by atoms with van der Waals surface area (Å²) in [6.45, 7) is 0.805. The molecule has 0 saturated carbocycles. The number of ketones is 1. The fourth-order valence-corrected chi connectivity index (χ4v) is 2.98. The molecule has 3 heterocycles. The zero-order valence-corrected chi connectivity index (χ0v) is 12.3. The summed E-state index contributed by atoms with van der Waals surface area (Å²) in [7, 11) is 0. The number of anilines is 2. The predicted molar refractivity (Wildman–Crippen MR) is 83.9 cm³/mol. The first-order valence-electron chi connectivity index (χ1n) is 6.91. The molecule has 0 radical (unpaired) electrons. The summed E-state index contributed by atoms with van der Waals surface area (Å²) in [6.07, 6.45) is 3.99. The van der Waals surface area contributed by atoms with Gasteiger partial charge in [-0.15, -0.1) is 11.6 Å². The number of Topliss-reactive ketones (excluding diaryl/α,β-unsaturated/α-hetero) is 1. The van der Waals surface area contributed by atoms with E-state index in [9.17, 15) is 4.79 Å². The van der Waals surface area contributed by atoms with Crippen LogP contribution in [-0.4, -0.2) is 38.1 Å². The normalized spacial score (nSPS) is 13.6. The van der Waals surface area contributed by atoms with Crippen molar-refractivity contribution in [3.05, 3.63) is 42.0 Å². The number of halogens is 1. The molecule has 2 aromatic heterocycles. The molecule has 0 atom stereocenters. The summed E-state index contributed by atoms with van der Waals surface area (Å²) >= 11 is 5.63. The number of rotatable bonds is 3. The van der Waals surface area contributed by atoms with Gasteiger partial charge in [0.15, 0.2) is 17.2 Å². The first-order chi connectivity index (χ1) is 10.8. The van der Waals surface area contributed by atoms with Crippen LogP contribution in [0.5, 0.6) is 0 Å². The molecule has 0 aliphatic carbocycles. The van der Waals surface area contributed by atoms with E-state index in [1.807, 2.05) is 18.2 Å². The molecule has 0 fully saturated rings. The summed E-state index contributed by atoms with van der Waals surface area (Å²) in [5.41, 5.74) is 4.30. The molecule has 3 aromatic rings. The Morgan fingerprint density at radius 2 is 2.23 bits per heavy atom. The molecule has 22 heavy (non-hydrogen) atoms. The molecule has 1 aliphatic heterocycles. The molecule has 0 unspecified atom stereocenters. The number of carbonyl (C=O) groups is 1. The van der Waals surface area contributed by atoms with Gasteiger partial charge in [0.25, 0.3) is 0 Å². The Morgan fingerprint density at radius 3 is 3.09 bits per heavy atom. The molecule has 4 rings (SSSR count). The minimum atomic E-state index is -0.0547. The summed E-state index contributed by atoms with van der Waals surface area (Å²) < 4.78 is 0. The molecule has 1 aromatic carbocycles. The van der Waals surface area contributed by atoms with E-state index in [4.69, 9.17) is 11.6 Å². The third-order valence-corrected chi connectivity index (χ3v) is 4.12. The van der Waals surface area contributed by atoms with E-state index in [0.717, 1.165) is 35.6 Å². The quantitative estimate of drug-likeness (QED) is 0.594. The van der Waals surface area contributed by atoms with Crippen LogP contribution in [0.2, 0.25) is 0 Å². The molecule has 6 nitrogen and oxygen atoms in total. The first-order valence-corrected chi connectivity index (χ1v) is 7.45. The van der Waals surface area contributed by atoms with Crippen LogP contribution in [0.25, 0.3) is 11.2 Å². The number of benzene rings is 1. The lowest BCUT2D eigenvalue weighted by Crippen LogP contribution is -2.15. The highest BCUT2D eigenvalue weighted by Crippen LogP contribution is 2.36. The number of carbonyl (C=O) groups excluding carboxylic acids is 1. The Hall–Kier alpha value is -2.47. The number of fused-ring (bicyclic) bond motifs is 2. The van der Waals surface area contributed by atoms with Gasteiger partial charge in [0.1, 0.15) is 11.8 Å². The van der Waals surface area contributed by atoms with Crippen LogP contribution in [0.3, 0.4) is 0 Å². The average molecular weight is 314 g/mol. The van der Waals surface area contributed by atoms with Crippen molar-refractivity contribution >= 4 is 40.1 Å². The van der Waals surface area contributed by atoms with Crippen molar-refractivity contribution in [1.82, 2.24) is 19.9 Å². The van der Waals surface area contributed by atoms with Crippen LogP contribution in [0.15, 0.2) is 30.9 Å². The maximum absolute atomic E-state index is 11.7. The minimum Gasteiger partial charge on any atom is -0.340 e. The van der Waals surface area contributed by atoms with E-state index in [-0.39, 0.29) is 11.7 Å². The monoisotopic (exact) mass is 313 g/mol. The van der Waals surface area contributed by atoms with Crippen molar-refractivity contribution in [3.63, 3.8) is 0 Å². The Balaban J connectivity index is 1.79. The maximum atomic E-state index is 11.7. The summed E-state index contributed by atoms with van der Waals surface area (Å²) in [4.78, 5) is 29.6. The van der Waals surface area contributed by atoms with E-state index >= 15 is 0 Å². The van der Waals surface area contributed by atoms with E-state index in [1.54, 1.807) is 6.33 Å². The summed E-state index contributed by atoms with van der Waals surface area (Å²) in [5, 5.41) is 0. The number of nitrogens with zero attached hydrogens (tertiary/aromatic N) is 4. The molecule has 0 amide bonds. The predicted octanol–water partition coefficient (Wildman–Crippen LogP) is 2.47. The standard InChI is InChI=1S/C15H12ClN5O/c16-6-12(22)10-1-2-11-9(5-10)3-4-21(11)15-13-14(18-7-17-13)19-8-20-15/h1-2,5,7-8H,3-4,6H2,(H,17,18,19,20).